The van der Waals surface area contributed by atoms with Gasteiger partial charge in [0.2, 0.25) is 0 Å². The van der Waals surface area contributed by atoms with Crippen LogP contribution in [0.4, 0.5) is 18.9 Å². The van der Waals surface area contributed by atoms with Crippen molar-refractivity contribution in [1.82, 2.24) is 0 Å². The Bertz CT molecular complexity index is 491. The van der Waals surface area contributed by atoms with Crippen LogP contribution in [0.15, 0.2) is 12.1 Å². The third kappa shape index (κ3) is 4.09. The quantitative estimate of drug-likeness (QED) is 0.474. The van der Waals surface area contributed by atoms with E-state index in [1.165, 1.54) is 19.1 Å². The lowest BCUT2D eigenvalue weighted by molar-refractivity contribution is -0.385. The van der Waals surface area contributed by atoms with Crippen molar-refractivity contribution in [3.8, 4) is 5.75 Å². The molecule has 0 bridgehead atoms. The molecule has 0 N–H and O–H groups in total. The van der Waals surface area contributed by atoms with E-state index in [1.807, 2.05) is 0 Å². The van der Waals surface area contributed by atoms with E-state index in [1.54, 1.807) is 6.92 Å². The molecule has 1 unspecified atom stereocenters. The van der Waals surface area contributed by atoms with E-state index in [-0.39, 0.29) is 11.4 Å². The Morgan fingerprint density at radius 2 is 1.95 bits per heavy atom. The summed E-state index contributed by atoms with van der Waals surface area (Å²) in [6, 6.07) is 2.64. The molecular formula is C11H11BrF3NO3. The Morgan fingerprint density at radius 3 is 2.42 bits per heavy atom. The van der Waals surface area contributed by atoms with Crippen molar-refractivity contribution >= 4 is 21.6 Å². The normalized spacial score (nSPS) is 13.2. The number of nitro benzene ring substituents is 1. The van der Waals surface area contributed by atoms with Crippen LogP contribution in [-0.4, -0.2) is 22.5 Å². The molecule has 0 saturated heterocycles. The van der Waals surface area contributed by atoms with Gasteiger partial charge < -0.3 is 4.74 Å². The summed E-state index contributed by atoms with van der Waals surface area (Å²) >= 11 is 2.48. The Labute approximate surface area is 115 Å². The minimum absolute atomic E-state index is 0.0870. The summed E-state index contributed by atoms with van der Waals surface area (Å²) in [5.41, 5.74) is 0.666. The van der Waals surface area contributed by atoms with Gasteiger partial charge in [-0.1, -0.05) is 15.9 Å². The molecule has 0 aliphatic heterocycles. The number of benzene rings is 1. The molecule has 19 heavy (non-hydrogen) atoms. The van der Waals surface area contributed by atoms with Crippen LogP contribution in [0.1, 0.15) is 11.1 Å². The van der Waals surface area contributed by atoms with Crippen molar-refractivity contribution in [3.63, 3.8) is 0 Å². The number of ether oxygens (including phenoxy) is 1. The predicted octanol–water partition coefficient (Wildman–Crippen LogP) is 3.92. The van der Waals surface area contributed by atoms with Crippen molar-refractivity contribution in [2.24, 2.45) is 0 Å². The Kier molecular flexibility index (Phi) is 4.78. The number of halogens is 4. The zero-order valence-corrected chi connectivity index (χ0v) is 11.7. The molecule has 8 heteroatoms. The largest absolute Gasteiger partial charge is 0.492 e. The molecule has 0 spiro atoms. The molecule has 1 atom stereocenters. The van der Waals surface area contributed by atoms with Gasteiger partial charge in [0.1, 0.15) is 17.2 Å². The molecule has 0 amide bonds. The first-order valence-corrected chi connectivity index (χ1v) is 6.13. The van der Waals surface area contributed by atoms with E-state index < -0.39 is 22.5 Å². The second-order valence-electron chi connectivity index (χ2n) is 3.98. The van der Waals surface area contributed by atoms with E-state index in [4.69, 9.17) is 4.74 Å². The topological polar surface area (TPSA) is 52.4 Å². The first kappa shape index (κ1) is 15.7. The first-order valence-electron chi connectivity index (χ1n) is 5.22. The van der Waals surface area contributed by atoms with Crippen LogP contribution in [0.3, 0.4) is 0 Å². The lowest BCUT2D eigenvalue weighted by atomic mass is 10.1. The first-order chi connectivity index (χ1) is 8.62. The smallest absolute Gasteiger partial charge is 0.404 e. The number of hydrogen-bond donors (Lipinski definition) is 0. The molecule has 0 fully saturated rings. The van der Waals surface area contributed by atoms with Gasteiger partial charge in [0, 0.05) is 11.6 Å². The maximum Gasteiger partial charge on any atom is 0.404 e. The average molecular weight is 342 g/mol. The van der Waals surface area contributed by atoms with Crippen LogP contribution in [0.2, 0.25) is 0 Å². The van der Waals surface area contributed by atoms with Gasteiger partial charge >= 0.3 is 6.18 Å². The van der Waals surface area contributed by atoms with E-state index in [9.17, 15) is 23.3 Å². The number of rotatable bonds is 4. The number of aryl methyl sites for hydroxylation is 2. The van der Waals surface area contributed by atoms with Gasteiger partial charge in [0.15, 0.2) is 0 Å². The summed E-state index contributed by atoms with van der Waals surface area (Å²) in [5, 5.41) is 10.7. The molecule has 106 valence electrons. The highest BCUT2D eigenvalue weighted by Crippen LogP contribution is 2.30. The minimum Gasteiger partial charge on any atom is -0.492 e. The van der Waals surface area contributed by atoms with Gasteiger partial charge in [-0.15, -0.1) is 0 Å². The highest BCUT2D eigenvalue weighted by Gasteiger charge is 2.38. The predicted molar refractivity (Wildman–Crippen MR) is 66.8 cm³/mol. The molecule has 0 aliphatic carbocycles. The van der Waals surface area contributed by atoms with E-state index >= 15 is 0 Å². The Balaban J connectivity index is 2.86. The van der Waals surface area contributed by atoms with E-state index in [0.29, 0.717) is 11.1 Å². The Morgan fingerprint density at radius 1 is 1.37 bits per heavy atom. The van der Waals surface area contributed by atoms with Crippen molar-refractivity contribution < 1.29 is 22.8 Å². The van der Waals surface area contributed by atoms with Crippen molar-refractivity contribution in [3.05, 3.63) is 33.4 Å². The third-order valence-electron chi connectivity index (χ3n) is 2.43. The second-order valence-corrected chi connectivity index (χ2v) is 5.09. The van der Waals surface area contributed by atoms with Crippen molar-refractivity contribution in [2.75, 3.05) is 6.61 Å². The fraction of sp³-hybridized carbons (Fsp3) is 0.455. The monoisotopic (exact) mass is 341 g/mol. The van der Waals surface area contributed by atoms with Crippen molar-refractivity contribution in [2.45, 2.75) is 24.9 Å². The maximum absolute atomic E-state index is 12.3. The molecule has 1 rings (SSSR count). The van der Waals surface area contributed by atoms with Crippen LogP contribution >= 0.6 is 15.9 Å². The number of alkyl halides is 4. The SMILES string of the molecule is Cc1cc([N+](=O)[O-])c(C)cc1OCC(Br)C(F)(F)F. The fourth-order valence-electron chi connectivity index (χ4n) is 1.38. The summed E-state index contributed by atoms with van der Waals surface area (Å²) < 4.78 is 41.9. The average Bonchev–Trinajstić information content (AvgIpc) is 2.27. The van der Waals surface area contributed by atoms with Gasteiger partial charge in [0.05, 0.1) is 4.92 Å². The minimum atomic E-state index is -4.40. The van der Waals surface area contributed by atoms with Crippen LogP contribution in [0, 0.1) is 24.0 Å². The fourth-order valence-corrected chi connectivity index (χ4v) is 1.52. The molecule has 0 aromatic heterocycles. The van der Waals surface area contributed by atoms with Gasteiger partial charge in [-0.3, -0.25) is 10.1 Å². The van der Waals surface area contributed by atoms with Gasteiger partial charge in [-0.25, -0.2) is 0 Å². The number of nitrogens with zero attached hydrogens (tertiary/aromatic N) is 1. The molecule has 1 aromatic carbocycles. The molecule has 0 saturated carbocycles. The van der Waals surface area contributed by atoms with Crippen LogP contribution in [-0.2, 0) is 0 Å². The zero-order valence-electron chi connectivity index (χ0n) is 10.1. The lowest BCUT2D eigenvalue weighted by Crippen LogP contribution is -2.29. The van der Waals surface area contributed by atoms with Gasteiger partial charge in [0.25, 0.3) is 5.69 Å². The molecule has 0 aliphatic rings. The van der Waals surface area contributed by atoms with Gasteiger partial charge in [-0.05, 0) is 25.5 Å². The molecular weight excluding hydrogens is 331 g/mol. The van der Waals surface area contributed by atoms with Crippen LogP contribution < -0.4 is 4.74 Å². The molecule has 0 heterocycles. The highest BCUT2D eigenvalue weighted by molar-refractivity contribution is 9.09. The molecule has 0 radical (unpaired) electrons. The molecule has 1 aromatic rings. The van der Waals surface area contributed by atoms with Crippen LogP contribution in [0.25, 0.3) is 0 Å². The molecule has 4 nitrogen and oxygen atoms in total. The zero-order chi connectivity index (χ0) is 14.8. The third-order valence-corrected chi connectivity index (χ3v) is 3.21. The van der Waals surface area contributed by atoms with Crippen molar-refractivity contribution in [1.29, 1.82) is 0 Å². The van der Waals surface area contributed by atoms with E-state index in [2.05, 4.69) is 15.9 Å². The van der Waals surface area contributed by atoms with Gasteiger partial charge in [-0.2, -0.15) is 13.2 Å². The maximum atomic E-state index is 12.3. The summed E-state index contributed by atoms with van der Waals surface area (Å²) in [4.78, 5) is 8.36. The standard InChI is InChI=1S/C11H11BrF3NO3/c1-6-4-9(7(2)3-8(6)16(17)18)19-5-10(12)11(13,14)15/h3-4,10H,5H2,1-2H3. The number of hydrogen-bond acceptors (Lipinski definition) is 3. The summed E-state index contributed by atoms with van der Waals surface area (Å²) in [7, 11) is 0. The summed E-state index contributed by atoms with van der Waals surface area (Å²) in [6.07, 6.45) is -4.40. The van der Waals surface area contributed by atoms with E-state index in [0.717, 1.165) is 0 Å². The Hall–Kier alpha value is -1.31. The second kappa shape index (κ2) is 5.77. The summed E-state index contributed by atoms with van der Waals surface area (Å²) in [5.74, 6) is 0.205. The number of nitro groups is 1. The summed E-state index contributed by atoms with van der Waals surface area (Å²) in [6.45, 7) is 2.44. The highest BCUT2D eigenvalue weighted by atomic mass is 79.9. The lowest BCUT2D eigenvalue weighted by Gasteiger charge is -2.16. The van der Waals surface area contributed by atoms with Crippen LogP contribution in [0.5, 0.6) is 5.75 Å².